The van der Waals surface area contributed by atoms with Gasteiger partial charge in [0.15, 0.2) is 5.82 Å². The standard InChI is InChI=1S/C15H18N6OS/c1-23-13-4-3-12(19-20-13)21-9-5-11(6-10-21)14(22)18-15-16-7-2-8-17-15/h2-4,7-8,11H,5-6,9-10H2,1H3,(H,16,17,18,22). The van der Waals surface area contributed by atoms with Crippen molar-refractivity contribution in [1.82, 2.24) is 20.2 Å². The van der Waals surface area contributed by atoms with E-state index in [0.717, 1.165) is 36.8 Å². The number of aromatic nitrogens is 4. The van der Waals surface area contributed by atoms with E-state index in [-0.39, 0.29) is 11.8 Å². The monoisotopic (exact) mass is 330 g/mol. The number of anilines is 2. The summed E-state index contributed by atoms with van der Waals surface area (Å²) < 4.78 is 0. The van der Waals surface area contributed by atoms with E-state index in [0.29, 0.717) is 5.95 Å². The molecule has 3 heterocycles. The molecule has 3 rings (SSSR count). The summed E-state index contributed by atoms with van der Waals surface area (Å²) in [5.41, 5.74) is 0. The Morgan fingerprint density at radius 2 is 1.96 bits per heavy atom. The summed E-state index contributed by atoms with van der Waals surface area (Å²) in [7, 11) is 0. The molecule has 1 amide bonds. The molecule has 120 valence electrons. The molecule has 2 aromatic heterocycles. The summed E-state index contributed by atoms with van der Waals surface area (Å²) in [5.74, 6) is 1.19. The highest BCUT2D eigenvalue weighted by molar-refractivity contribution is 7.98. The maximum absolute atomic E-state index is 12.3. The Kier molecular flexibility index (Phi) is 5.02. The number of carbonyl (C=O) groups is 1. The Morgan fingerprint density at radius 1 is 1.22 bits per heavy atom. The van der Waals surface area contributed by atoms with Crippen molar-refractivity contribution >= 4 is 29.4 Å². The van der Waals surface area contributed by atoms with Gasteiger partial charge in [-0.3, -0.25) is 10.1 Å². The molecule has 0 atom stereocenters. The minimum atomic E-state index is -0.0199. The van der Waals surface area contributed by atoms with Crippen molar-refractivity contribution in [2.75, 3.05) is 29.6 Å². The minimum Gasteiger partial charge on any atom is -0.355 e. The lowest BCUT2D eigenvalue weighted by atomic mass is 9.96. The Bertz CT molecular complexity index is 643. The fourth-order valence-electron chi connectivity index (χ4n) is 2.54. The van der Waals surface area contributed by atoms with Gasteiger partial charge in [0.05, 0.1) is 0 Å². The van der Waals surface area contributed by atoms with Crippen molar-refractivity contribution in [3.8, 4) is 0 Å². The van der Waals surface area contributed by atoms with E-state index >= 15 is 0 Å². The normalized spacial score (nSPS) is 15.4. The number of carbonyl (C=O) groups excluding carboxylic acids is 1. The lowest BCUT2D eigenvalue weighted by Crippen LogP contribution is -2.38. The quantitative estimate of drug-likeness (QED) is 0.856. The Morgan fingerprint density at radius 3 is 2.57 bits per heavy atom. The average Bonchev–Trinajstić information content (AvgIpc) is 2.63. The zero-order valence-corrected chi connectivity index (χ0v) is 13.7. The van der Waals surface area contributed by atoms with Crippen molar-refractivity contribution in [2.45, 2.75) is 17.9 Å². The molecule has 0 unspecified atom stereocenters. The first-order valence-electron chi connectivity index (χ1n) is 7.47. The number of thioether (sulfide) groups is 1. The van der Waals surface area contributed by atoms with Crippen molar-refractivity contribution in [2.24, 2.45) is 5.92 Å². The first kappa shape index (κ1) is 15.7. The van der Waals surface area contributed by atoms with Gasteiger partial charge < -0.3 is 4.90 Å². The molecule has 0 spiro atoms. The summed E-state index contributed by atoms with van der Waals surface area (Å²) in [6.07, 6.45) is 6.77. The molecule has 1 aliphatic heterocycles. The third-order valence-corrected chi connectivity index (χ3v) is 4.46. The maximum Gasteiger partial charge on any atom is 0.229 e. The molecule has 2 aromatic rings. The van der Waals surface area contributed by atoms with Crippen LogP contribution in [0.4, 0.5) is 11.8 Å². The van der Waals surface area contributed by atoms with Crippen LogP contribution in [0.2, 0.25) is 0 Å². The third kappa shape index (κ3) is 3.95. The van der Waals surface area contributed by atoms with Gasteiger partial charge in [-0.1, -0.05) is 0 Å². The van der Waals surface area contributed by atoms with Crippen molar-refractivity contribution in [3.63, 3.8) is 0 Å². The molecule has 1 N–H and O–H groups in total. The molecular formula is C15H18N6OS. The van der Waals surface area contributed by atoms with Crippen LogP contribution in [0, 0.1) is 5.92 Å². The molecule has 0 aliphatic carbocycles. The average molecular weight is 330 g/mol. The van der Waals surface area contributed by atoms with E-state index in [9.17, 15) is 4.79 Å². The van der Waals surface area contributed by atoms with E-state index in [4.69, 9.17) is 0 Å². The van der Waals surface area contributed by atoms with Crippen LogP contribution in [0.3, 0.4) is 0 Å². The SMILES string of the molecule is CSc1ccc(N2CCC(C(=O)Nc3ncccn3)CC2)nn1. The molecule has 0 radical (unpaired) electrons. The van der Waals surface area contributed by atoms with Crippen LogP contribution in [0.1, 0.15) is 12.8 Å². The van der Waals surface area contributed by atoms with Gasteiger partial charge in [0, 0.05) is 31.4 Å². The predicted octanol–water partition coefficient (Wildman–Crippen LogP) is 1.84. The summed E-state index contributed by atoms with van der Waals surface area (Å²) in [5, 5.41) is 12.1. The number of nitrogens with zero attached hydrogens (tertiary/aromatic N) is 5. The van der Waals surface area contributed by atoms with Crippen LogP contribution in [-0.2, 0) is 4.79 Å². The number of piperidine rings is 1. The molecule has 1 fully saturated rings. The number of rotatable bonds is 4. The van der Waals surface area contributed by atoms with E-state index in [2.05, 4.69) is 30.4 Å². The van der Waals surface area contributed by atoms with Gasteiger partial charge in [0.1, 0.15) is 5.03 Å². The van der Waals surface area contributed by atoms with E-state index < -0.39 is 0 Å². The number of nitrogens with one attached hydrogen (secondary N) is 1. The molecule has 1 aliphatic rings. The van der Waals surface area contributed by atoms with Crippen LogP contribution in [0.15, 0.2) is 35.6 Å². The lowest BCUT2D eigenvalue weighted by molar-refractivity contribution is -0.120. The van der Waals surface area contributed by atoms with Gasteiger partial charge in [-0.05, 0) is 37.3 Å². The van der Waals surface area contributed by atoms with E-state index in [1.165, 1.54) is 0 Å². The highest BCUT2D eigenvalue weighted by Gasteiger charge is 2.26. The molecule has 23 heavy (non-hydrogen) atoms. The summed E-state index contributed by atoms with van der Waals surface area (Å²) in [4.78, 5) is 22.5. The molecule has 0 saturated carbocycles. The first-order chi connectivity index (χ1) is 11.3. The van der Waals surface area contributed by atoms with Crippen molar-refractivity contribution in [3.05, 3.63) is 30.6 Å². The van der Waals surface area contributed by atoms with Gasteiger partial charge in [0.25, 0.3) is 0 Å². The topological polar surface area (TPSA) is 83.9 Å². The van der Waals surface area contributed by atoms with Crippen molar-refractivity contribution < 1.29 is 4.79 Å². The zero-order valence-electron chi connectivity index (χ0n) is 12.8. The summed E-state index contributed by atoms with van der Waals surface area (Å²) in [6, 6.07) is 5.67. The van der Waals surface area contributed by atoms with Gasteiger partial charge in [0.2, 0.25) is 11.9 Å². The molecule has 0 aromatic carbocycles. The minimum absolute atomic E-state index is 0.0142. The number of hydrogen-bond acceptors (Lipinski definition) is 7. The predicted molar refractivity (Wildman–Crippen MR) is 89.4 cm³/mol. The maximum atomic E-state index is 12.3. The first-order valence-corrected chi connectivity index (χ1v) is 8.69. The van der Waals surface area contributed by atoms with E-state index in [1.54, 1.807) is 30.2 Å². The molecule has 0 bridgehead atoms. The largest absolute Gasteiger partial charge is 0.355 e. The van der Waals surface area contributed by atoms with Crippen molar-refractivity contribution in [1.29, 1.82) is 0 Å². The second-order valence-electron chi connectivity index (χ2n) is 5.26. The van der Waals surface area contributed by atoms with E-state index in [1.807, 2.05) is 18.4 Å². The highest BCUT2D eigenvalue weighted by atomic mass is 32.2. The van der Waals surface area contributed by atoms with Crippen LogP contribution in [0.5, 0.6) is 0 Å². The summed E-state index contributed by atoms with van der Waals surface area (Å²) >= 11 is 1.57. The smallest absolute Gasteiger partial charge is 0.229 e. The van der Waals surface area contributed by atoms with Crippen LogP contribution < -0.4 is 10.2 Å². The Labute approximate surface area is 138 Å². The second kappa shape index (κ2) is 7.36. The van der Waals surface area contributed by atoms with Crippen LogP contribution in [-0.4, -0.2) is 45.4 Å². The third-order valence-electron chi connectivity index (χ3n) is 3.83. The molecular weight excluding hydrogens is 312 g/mol. The zero-order chi connectivity index (χ0) is 16.1. The Balaban J connectivity index is 1.54. The summed E-state index contributed by atoms with van der Waals surface area (Å²) in [6.45, 7) is 1.59. The van der Waals surface area contributed by atoms with Gasteiger partial charge in [-0.2, -0.15) is 0 Å². The number of hydrogen-bond donors (Lipinski definition) is 1. The lowest BCUT2D eigenvalue weighted by Gasteiger charge is -2.31. The Hall–Kier alpha value is -2.22. The van der Waals surface area contributed by atoms with Crippen LogP contribution in [0.25, 0.3) is 0 Å². The molecule has 8 heteroatoms. The van der Waals surface area contributed by atoms with Gasteiger partial charge in [-0.25, -0.2) is 9.97 Å². The number of amides is 1. The van der Waals surface area contributed by atoms with Gasteiger partial charge in [-0.15, -0.1) is 22.0 Å². The second-order valence-corrected chi connectivity index (χ2v) is 6.08. The highest BCUT2D eigenvalue weighted by Crippen LogP contribution is 2.23. The fraction of sp³-hybridized carbons (Fsp3) is 0.400. The van der Waals surface area contributed by atoms with Crippen LogP contribution >= 0.6 is 11.8 Å². The fourth-order valence-corrected chi connectivity index (χ4v) is 2.86. The molecule has 1 saturated heterocycles. The molecule has 7 nitrogen and oxygen atoms in total. The van der Waals surface area contributed by atoms with Gasteiger partial charge >= 0.3 is 0 Å².